The molecule has 0 saturated heterocycles. The predicted octanol–water partition coefficient (Wildman–Crippen LogP) is 2.18. The standard InChI is InChI=1S/C13H17BrN2O2S/c1-3-15-13(18)9(2)16-12(17)8-19-11-6-4-10(14)5-7-11/h4-7,9H,3,8H2,1-2H3,(H,15,18)(H,16,17)/t9-/m1/s1. The highest BCUT2D eigenvalue weighted by Crippen LogP contribution is 2.20. The van der Waals surface area contributed by atoms with Gasteiger partial charge in [0.2, 0.25) is 11.8 Å². The summed E-state index contributed by atoms with van der Waals surface area (Å²) in [5, 5.41) is 5.33. The lowest BCUT2D eigenvalue weighted by Crippen LogP contribution is -2.45. The maximum Gasteiger partial charge on any atom is 0.242 e. The molecule has 0 unspecified atom stereocenters. The molecule has 0 aliphatic rings. The van der Waals surface area contributed by atoms with Gasteiger partial charge >= 0.3 is 0 Å². The van der Waals surface area contributed by atoms with Gasteiger partial charge in [-0.25, -0.2) is 0 Å². The molecule has 0 radical (unpaired) electrons. The van der Waals surface area contributed by atoms with Gasteiger partial charge in [-0.3, -0.25) is 9.59 Å². The Kier molecular flexibility index (Phi) is 6.94. The third kappa shape index (κ3) is 6.11. The Morgan fingerprint density at radius 3 is 2.53 bits per heavy atom. The van der Waals surface area contributed by atoms with Gasteiger partial charge in [-0.2, -0.15) is 0 Å². The molecule has 0 aromatic heterocycles. The van der Waals surface area contributed by atoms with Crippen LogP contribution in [-0.4, -0.2) is 30.2 Å². The Bertz CT molecular complexity index is 437. The van der Waals surface area contributed by atoms with Crippen molar-refractivity contribution in [3.05, 3.63) is 28.7 Å². The lowest BCUT2D eigenvalue weighted by molar-refractivity contribution is -0.127. The first-order valence-corrected chi connectivity index (χ1v) is 7.76. The number of carbonyl (C=O) groups excluding carboxylic acids is 2. The van der Waals surface area contributed by atoms with Crippen LogP contribution in [0.15, 0.2) is 33.6 Å². The van der Waals surface area contributed by atoms with Gasteiger partial charge in [0, 0.05) is 15.9 Å². The first-order valence-electron chi connectivity index (χ1n) is 5.98. The van der Waals surface area contributed by atoms with Crippen LogP contribution in [0.1, 0.15) is 13.8 Å². The van der Waals surface area contributed by atoms with Gasteiger partial charge in [-0.05, 0) is 38.1 Å². The minimum atomic E-state index is -0.502. The van der Waals surface area contributed by atoms with Gasteiger partial charge in [0.1, 0.15) is 6.04 Å². The molecule has 1 aromatic carbocycles. The summed E-state index contributed by atoms with van der Waals surface area (Å²) < 4.78 is 1.01. The van der Waals surface area contributed by atoms with Crippen LogP contribution in [0.25, 0.3) is 0 Å². The number of likely N-dealkylation sites (N-methyl/N-ethyl adjacent to an activating group) is 1. The van der Waals surface area contributed by atoms with Gasteiger partial charge in [-0.1, -0.05) is 15.9 Å². The smallest absolute Gasteiger partial charge is 0.242 e. The summed E-state index contributed by atoms with van der Waals surface area (Å²) >= 11 is 4.80. The molecule has 0 bridgehead atoms. The number of rotatable bonds is 6. The number of hydrogen-bond acceptors (Lipinski definition) is 3. The average Bonchev–Trinajstić information content (AvgIpc) is 2.38. The van der Waals surface area contributed by atoms with Crippen molar-refractivity contribution in [2.75, 3.05) is 12.3 Å². The highest BCUT2D eigenvalue weighted by atomic mass is 79.9. The normalized spacial score (nSPS) is 11.7. The molecular weight excluding hydrogens is 328 g/mol. The summed E-state index contributed by atoms with van der Waals surface area (Å²) in [7, 11) is 0. The van der Waals surface area contributed by atoms with Gasteiger partial charge in [-0.15, -0.1) is 11.8 Å². The van der Waals surface area contributed by atoms with Crippen molar-refractivity contribution in [1.29, 1.82) is 0 Å². The highest BCUT2D eigenvalue weighted by molar-refractivity contribution is 9.10. The van der Waals surface area contributed by atoms with E-state index < -0.39 is 6.04 Å². The molecule has 1 rings (SSSR count). The fraction of sp³-hybridized carbons (Fsp3) is 0.385. The summed E-state index contributed by atoms with van der Waals surface area (Å²) in [6.45, 7) is 4.08. The Morgan fingerprint density at radius 2 is 1.95 bits per heavy atom. The Labute approximate surface area is 125 Å². The van der Waals surface area contributed by atoms with Crippen LogP contribution in [-0.2, 0) is 9.59 Å². The van der Waals surface area contributed by atoms with Gasteiger partial charge in [0.25, 0.3) is 0 Å². The molecule has 19 heavy (non-hydrogen) atoms. The van der Waals surface area contributed by atoms with E-state index in [2.05, 4.69) is 26.6 Å². The van der Waals surface area contributed by atoms with Gasteiger partial charge in [0.15, 0.2) is 0 Å². The van der Waals surface area contributed by atoms with Crippen molar-refractivity contribution >= 4 is 39.5 Å². The third-order valence-electron chi connectivity index (χ3n) is 2.31. The first kappa shape index (κ1) is 16.0. The SMILES string of the molecule is CCNC(=O)[C@@H](C)NC(=O)CSc1ccc(Br)cc1. The second kappa shape index (κ2) is 8.22. The van der Waals surface area contributed by atoms with Crippen LogP contribution < -0.4 is 10.6 Å². The molecular formula is C13H17BrN2O2S. The van der Waals surface area contributed by atoms with Crippen LogP contribution in [0.2, 0.25) is 0 Å². The third-order valence-corrected chi connectivity index (χ3v) is 3.85. The number of carbonyl (C=O) groups is 2. The molecule has 0 heterocycles. The Hall–Kier alpha value is -1.01. The van der Waals surface area contributed by atoms with E-state index in [4.69, 9.17) is 0 Å². The zero-order valence-corrected chi connectivity index (χ0v) is 13.3. The predicted molar refractivity (Wildman–Crippen MR) is 81.2 cm³/mol. The van der Waals surface area contributed by atoms with E-state index >= 15 is 0 Å². The van der Waals surface area contributed by atoms with E-state index in [9.17, 15) is 9.59 Å². The fourth-order valence-electron chi connectivity index (χ4n) is 1.36. The number of hydrogen-bond donors (Lipinski definition) is 2. The molecule has 0 fully saturated rings. The minimum Gasteiger partial charge on any atom is -0.355 e. The highest BCUT2D eigenvalue weighted by Gasteiger charge is 2.14. The van der Waals surface area contributed by atoms with E-state index in [0.29, 0.717) is 12.3 Å². The molecule has 0 spiro atoms. The van der Waals surface area contributed by atoms with Gasteiger partial charge < -0.3 is 10.6 Å². The zero-order chi connectivity index (χ0) is 14.3. The Balaban J connectivity index is 2.35. The van der Waals surface area contributed by atoms with Crippen LogP contribution >= 0.6 is 27.7 Å². The van der Waals surface area contributed by atoms with Crippen molar-refractivity contribution in [3.63, 3.8) is 0 Å². The molecule has 0 saturated carbocycles. The second-order valence-electron chi connectivity index (χ2n) is 3.93. The van der Waals surface area contributed by atoms with E-state index in [1.165, 1.54) is 11.8 Å². The topological polar surface area (TPSA) is 58.2 Å². The van der Waals surface area contributed by atoms with Crippen LogP contribution in [0.4, 0.5) is 0 Å². The van der Waals surface area contributed by atoms with Crippen LogP contribution in [0.5, 0.6) is 0 Å². The van der Waals surface area contributed by atoms with E-state index in [1.54, 1.807) is 6.92 Å². The molecule has 6 heteroatoms. The van der Waals surface area contributed by atoms with Crippen molar-refractivity contribution in [1.82, 2.24) is 10.6 Å². The van der Waals surface area contributed by atoms with E-state index in [-0.39, 0.29) is 11.8 Å². The first-order chi connectivity index (χ1) is 9.02. The molecule has 2 amide bonds. The summed E-state index contributed by atoms with van der Waals surface area (Å²) in [6, 6.07) is 7.23. The lowest BCUT2D eigenvalue weighted by atomic mass is 10.3. The van der Waals surface area contributed by atoms with Crippen molar-refractivity contribution in [2.24, 2.45) is 0 Å². The summed E-state index contributed by atoms with van der Waals surface area (Å²) in [4.78, 5) is 24.2. The van der Waals surface area contributed by atoms with Crippen LogP contribution in [0, 0.1) is 0 Å². The molecule has 0 aliphatic carbocycles. The fourth-order valence-corrected chi connectivity index (χ4v) is 2.33. The van der Waals surface area contributed by atoms with Crippen LogP contribution in [0.3, 0.4) is 0 Å². The largest absolute Gasteiger partial charge is 0.355 e. The zero-order valence-electron chi connectivity index (χ0n) is 10.9. The molecule has 1 aromatic rings. The lowest BCUT2D eigenvalue weighted by Gasteiger charge is -2.13. The number of amides is 2. The quantitative estimate of drug-likeness (QED) is 0.777. The monoisotopic (exact) mass is 344 g/mol. The molecule has 104 valence electrons. The summed E-state index contributed by atoms with van der Waals surface area (Å²) in [6.07, 6.45) is 0. The number of thioether (sulfide) groups is 1. The van der Waals surface area contributed by atoms with E-state index in [1.807, 2.05) is 31.2 Å². The summed E-state index contributed by atoms with van der Waals surface area (Å²) in [5.41, 5.74) is 0. The van der Waals surface area contributed by atoms with Gasteiger partial charge in [0.05, 0.1) is 5.75 Å². The number of halogens is 1. The van der Waals surface area contributed by atoms with Crippen molar-refractivity contribution < 1.29 is 9.59 Å². The summed E-state index contributed by atoms with van der Waals surface area (Å²) in [5.74, 6) is -0.0121. The molecule has 4 nitrogen and oxygen atoms in total. The molecule has 2 N–H and O–H groups in total. The maximum atomic E-state index is 11.7. The Morgan fingerprint density at radius 1 is 1.32 bits per heavy atom. The maximum absolute atomic E-state index is 11.7. The van der Waals surface area contributed by atoms with E-state index in [0.717, 1.165) is 9.37 Å². The number of nitrogens with one attached hydrogen (secondary N) is 2. The average molecular weight is 345 g/mol. The molecule has 1 atom stereocenters. The number of benzene rings is 1. The minimum absolute atomic E-state index is 0.147. The molecule has 0 aliphatic heterocycles. The van der Waals surface area contributed by atoms with Crippen molar-refractivity contribution in [3.8, 4) is 0 Å². The second-order valence-corrected chi connectivity index (χ2v) is 5.89. The van der Waals surface area contributed by atoms with Crippen molar-refractivity contribution in [2.45, 2.75) is 24.8 Å².